The van der Waals surface area contributed by atoms with Gasteiger partial charge in [-0.25, -0.2) is 0 Å². The van der Waals surface area contributed by atoms with Crippen LogP contribution in [-0.4, -0.2) is 63.1 Å². The van der Waals surface area contributed by atoms with E-state index in [0.29, 0.717) is 30.3 Å². The molecule has 3 aromatic heterocycles. The summed E-state index contributed by atoms with van der Waals surface area (Å²) in [5, 5.41) is 13.0. The molecule has 1 N–H and O–H groups in total. The van der Waals surface area contributed by atoms with Gasteiger partial charge in [0.2, 0.25) is 0 Å². The van der Waals surface area contributed by atoms with E-state index in [0.717, 1.165) is 45.5 Å². The van der Waals surface area contributed by atoms with Crippen molar-refractivity contribution in [2.45, 2.75) is 13.3 Å². The highest BCUT2D eigenvalue weighted by molar-refractivity contribution is 5.98. The van der Waals surface area contributed by atoms with Gasteiger partial charge in [0.25, 0.3) is 5.91 Å². The van der Waals surface area contributed by atoms with E-state index in [9.17, 15) is 4.79 Å². The number of carbonyl (C=O) groups excluding carboxylic acids is 1. The summed E-state index contributed by atoms with van der Waals surface area (Å²) < 4.78 is 13.3. The number of aromatic nitrogens is 5. The summed E-state index contributed by atoms with van der Waals surface area (Å²) in [6, 6.07) is 7.60. The average Bonchev–Trinajstić information content (AvgIpc) is 3.40. The number of carbonyl (C=O) groups is 1. The van der Waals surface area contributed by atoms with Crippen LogP contribution in [0.25, 0.3) is 34.3 Å². The van der Waals surface area contributed by atoms with Crippen molar-refractivity contribution < 1.29 is 14.3 Å². The minimum atomic E-state index is -0.155. The highest BCUT2D eigenvalue weighted by atomic mass is 16.5. The fraction of sp³-hybridized carbons (Fsp3) is 0.280. The van der Waals surface area contributed by atoms with Gasteiger partial charge >= 0.3 is 0 Å². The Balaban J connectivity index is 1.71. The summed E-state index contributed by atoms with van der Waals surface area (Å²) in [6.07, 6.45) is 6.35. The molecule has 1 aliphatic heterocycles. The molecule has 0 unspecified atom stereocenters. The standard InChI is InChI=1S/C25H26N6O3/c1-5-22-16-7-8-19-17-13-20(26-14-21(17)28-27-19)18-12-15(33-4)6-9-23(18)34-11-10-30(2)25(32)24(16)29-31(22)3/h6-9,12-14H,5,10-11H2,1-4H3,(H,27,28)/b8-7+. The van der Waals surface area contributed by atoms with Gasteiger partial charge in [-0.2, -0.15) is 10.2 Å². The van der Waals surface area contributed by atoms with Crippen molar-refractivity contribution in [2.75, 3.05) is 27.3 Å². The number of amides is 1. The molecule has 0 fully saturated rings. The summed E-state index contributed by atoms with van der Waals surface area (Å²) in [7, 11) is 5.25. The van der Waals surface area contributed by atoms with E-state index in [1.54, 1.807) is 29.9 Å². The lowest BCUT2D eigenvalue weighted by Crippen LogP contribution is -2.31. The Morgan fingerprint density at radius 1 is 1.21 bits per heavy atom. The second-order valence-corrected chi connectivity index (χ2v) is 8.18. The van der Waals surface area contributed by atoms with Gasteiger partial charge in [0.05, 0.1) is 36.8 Å². The number of methoxy groups -OCH3 is 1. The zero-order valence-electron chi connectivity index (χ0n) is 19.6. The predicted octanol–water partition coefficient (Wildman–Crippen LogP) is 3.56. The van der Waals surface area contributed by atoms with Crippen LogP contribution >= 0.6 is 0 Å². The molecule has 0 radical (unpaired) electrons. The van der Waals surface area contributed by atoms with Crippen LogP contribution in [0.1, 0.15) is 34.4 Å². The molecule has 34 heavy (non-hydrogen) atoms. The minimum absolute atomic E-state index is 0.155. The number of fused-ring (bicyclic) bond motifs is 4. The maximum Gasteiger partial charge on any atom is 0.274 e. The van der Waals surface area contributed by atoms with Crippen LogP contribution in [0.5, 0.6) is 11.5 Å². The molecular formula is C25H26N6O3. The average molecular weight is 459 g/mol. The van der Waals surface area contributed by atoms with E-state index in [1.165, 1.54) is 0 Å². The number of nitrogens with zero attached hydrogens (tertiary/aromatic N) is 5. The number of hydrogen-bond acceptors (Lipinski definition) is 6. The van der Waals surface area contributed by atoms with Crippen LogP contribution in [0.4, 0.5) is 0 Å². The topological polar surface area (TPSA) is 98.2 Å². The molecule has 0 saturated carbocycles. The fourth-order valence-electron chi connectivity index (χ4n) is 4.24. The van der Waals surface area contributed by atoms with Gasteiger partial charge in [-0.15, -0.1) is 0 Å². The first kappa shape index (κ1) is 21.7. The van der Waals surface area contributed by atoms with E-state index in [2.05, 4.69) is 27.2 Å². The second kappa shape index (κ2) is 8.66. The van der Waals surface area contributed by atoms with Gasteiger partial charge in [0.15, 0.2) is 5.69 Å². The Hall–Kier alpha value is -4.14. The van der Waals surface area contributed by atoms with Crippen molar-refractivity contribution in [2.24, 2.45) is 7.05 Å². The van der Waals surface area contributed by atoms with E-state index in [-0.39, 0.29) is 5.91 Å². The van der Waals surface area contributed by atoms with Crippen LogP contribution in [0.15, 0.2) is 30.5 Å². The van der Waals surface area contributed by atoms with Crippen LogP contribution in [-0.2, 0) is 13.5 Å². The van der Waals surface area contributed by atoms with Crippen molar-refractivity contribution in [3.05, 3.63) is 53.1 Å². The number of pyridine rings is 1. The lowest BCUT2D eigenvalue weighted by atomic mass is 10.1. The second-order valence-electron chi connectivity index (χ2n) is 8.18. The molecule has 4 heterocycles. The van der Waals surface area contributed by atoms with Gasteiger partial charge < -0.3 is 14.4 Å². The Kier molecular flexibility index (Phi) is 5.53. The third-order valence-electron chi connectivity index (χ3n) is 6.12. The number of H-pyrrole nitrogens is 1. The highest BCUT2D eigenvalue weighted by Crippen LogP contribution is 2.34. The monoisotopic (exact) mass is 458 g/mol. The zero-order valence-corrected chi connectivity index (χ0v) is 19.6. The van der Waals surface area contributed by atoms with E-state index in [1.807, 2.05) is 43.5 Å². The number of rotatable bonds is 2. The number of benzene rings is 1. The predicted molar refractivity (Wildman–Crippen MR) is 130 cm³/mol. The summed E-state index contributed by atoms with van der Waals surface area (Å²) in [5.74, 6) is 1.21. The molecule has 9 nitrogen and oxygen atoms in total. The van der Waals surface area contributed by atoms with Gasteiger partial charge in [-0.1, -0.05) is 6.92 Å². The lowest BCUT2D eigenvalue weighted by Gasteiger charge is -2.18. The molecule has 9 heteroatoms. The molecule has 1 amide bonds. The number of aryl methyl sites for hydroxylation is 1. The summed E-state index contributed by atoms with van der Waals surface area (Å²) in [4.78, 5) is 19.6. The maximum absolute atomic E-state index is 13.3. The molecule has 0 saturated heterocycles. The zero-order chi connectivity index (χ0) is 23.8. The first-order valence-corrected chi connectivity index (χ1v) is 11.1. The van der Waals surface area contributed by atoms with Crippen molar-refractivity contribution in [3.63, 3.8) is 0 Å². The van der Waals surface area contributed by atoms with Crippen LogP contribution in [0.3, 0.4) is 0 Å². The van der Waals surface area contributed by atoms with Gasteiger partial charge in [0, 0.05) is 36.3 Å². The molecule has 0 spiro atoms. The summed E-state index contributed by atoms with van der Waals surface area (Å²) in [5.41, 5.74) is 5.31. The molecule has 174 valence electrons. The number of hydrogen-bond donors (Lipinski definition) is 1. The van der Waals surface area contributed by atoms with Gasteiger partial charge in [0.1, 0.15) is 18.1 Å². The third-order valence-corrected chi connectivity index (χ3v) is 6.12. The normalized spacial score (nSPS) is 14.8. The quantitative estimate of drug-likeness (QED) is 0.493. The molecule has 5 rings (SSSR count). The summed E-state index contributed by atoms with van der Waals surface area (Å²) >= 11 is 0. The number of aromatic amines is 1. The number of likely N-dealkylation sites (N-methyl/N-ethyl adjacent to an activating group) is 1. The van der Waals surface area contributed by atoms with Crippen molar-refractivity contribution in [1.82, 2.24) is 29.9 Å². The molecule has 1 aliphatic rings. The highest BCUT2D eigenvalue weighted by Gasteiger charge is 2.23. The van der Waals surface area contributed by atoms with E-state index < -0.39 is 0 Å². The van der Waals surface area contributed by atoms with Crippen LogP contribution in [0.2, 0.25) is 0 Å². The van der Waals surface area contributed by atoms with E-state index >= 15 is 0 Å². The van der Waals surface area contributed by atoms with Gasteiger partial charge in [-0.05, 0) is 42.8 Å². The third kappa shape index (κ3) is 3.68. The number of nitrogens with one attached hydrogen (secondary N) is 1. The SMILES string of the molecule is CCc1c2c(nn1C)C(=O)N(C)CCOc1ccc(OC)cc1-c1cc3c(n[nH]c3cn1)/C=C/2. The smallest absolute Gasteiger partial charge is 0.274 e. The molecule has 0 atom stereocenters. The van der Waals surface area contributed by atoms with Crippen molar-refractivity contribution >= 4 is 29.0 Å². The fourth-order valence-corrected chi connectivity index (χ4v) is 4.24. The molecule has 1 aromatic carbocycles. The lowest BCUT2D eigenvalue weighted by molar-refractivity contribution is 0.0767. The Morgan fingerprint density at radius 3 is 2.85 bits per heavy atom. The Bertz CT molecular complexity index is 1420. The number of ether oxygens (including phenoxy) is 2. The molecule has 0 aliphatic carbocycles. The minimum Gasteiger partial charge on any atom is -0.497 e. The van der Waals surface area contributed by atoms with Gasteiger partial charge in [-0.3, -0.25) is 19.6 Å². The van der Waals surface area contributed by atoms with Crippen molar-refractivity contribution in [3.8, 4) is 22.8 Å². The maximum atomic E-state index is 13.3. The van der Waals surface area contributed by atoms with Crippen molar-refractivity contribution in [1.29, 1.82) is 0 Å². The Morgan fingerprint density at radius 2 is 2.06 bits per heavy atom. The van der Waals surface area contributed by atoms with Crippen LogP contribution in [0, 0.1) is 0 Å². The van der Waals surface area contributed by atoms with E-state index in [4.69, 9.17) is 9.47 Å². The molecule has 2 bridgehead atoms. The Labute approximate surface area is 197 Å². The first-order valence-electron chi connectivity index (χ1n) is 11.1. The first-order chi connectivity index (χ1) is 16.5. The molecular weight excluding hydrogens is 432 g/mol. The molecule has 4 aromatic rings. The van der Waals surface area contributed by atoms with Crippen LogP contribution < -0.4 is 9.47 Å². The summed E-state index contributed by atoms with van der Waals surface area (Å²) in [6.45, 7) is 2.77. The largest absolute Gasteiger partial charge is 0.497 e.